The molecule has 5 heteroatoms. The molecule has 0 aromatic carbocycles. The second-order valence-corrected chi connectivity index (χ2v) is 2.48. The minimum atomic E-state index is -0.862. The quantitative estimate of drug-likeness (QED) is 0.618. The number of anilines is 1. The monoisotopic (exact) mass is 181 g/mol. The number of carbonyl (C=O) groups is 1. The fourth-order valence-corrected chi connectivity index (χ4v) is 0.947. The fourth-order valence-electron chi connectivity index (χ4n) is 0.947. The lowest BCUT2D eigenvalue weighted by Gasteiger charge is -2.10. The van der Waals surface area contributed by atoms with Crippen LogP contribution in [0.15, 0.2) is 18.3 Å². The van der Waals surface area contributed by atoms with Crippen LogP contribution in [0.3, 0.4) is 0 Å². The molecular formula is C8H11N3O2. The number of esters is 1. The highest BCUT2D eigenvalue weighted by atomic mass is 16.5. The van der Waals surface area contributed by atoms with E-state index in [1.807, 2.05) is 0 Å². The number of nitrogens with two attached hydrogens (primary N) is 2. The zero-order chi connectivity index (χ0) is 9.84. The summed E-state index contributed by atoms with van der Waals surface area (Å²) in [4.78, 5) is 14.8. The maximum absolute atomic E-state index is 11.0. The third-order valence-corrected chi connectivity index (χ3v) is 1.66. The van der Waals surface area contributed by atoms with Gasteiger partial charge < -0.3 is 16.2 Å². The predicted molar refractivity (Wildman–Crippen MR) is 47.6 cm³/mol. The van der Waals surface area contributed by atoms with Gasteiger partial charge in [-0.05, 0) is 6.07 Å². The van der Waals surface area contributed by atoms with Crippen molar-refractivity contribution in [1.82, 2.24) is 4.98 Å². The standard InChI is InChI=1S/C8H11N3O2/c1-13-8(12)6(9)5-3-2-4-11-7(5)10/h2-4,6H,9H2,1H3,(H2,10,11). The van der Waals surface area contributed by atoms with Crippen LogP contribution in [0.5, 0.6) is 0 Å². The molecule has 0 aliphatic carbocycles. The van der Waals surface area contributed by atoms with Gasteiger partial charge in [0, 0.05) is 11.8 Å². The summed E-state index contributed by atoms with van der Waals surface area (Å²) in [6, 6.07) is 2.44. The zero-order valence-corrected chi connectivity index (χ0v) is 7.23. The van der Waals surface area contributed by atoms with E-state index in [4.69, 9.17) is 11.5 Å². The molecular weight excluding hydrogens is 170 g/mol. The second-order valence-electron chi connectivity index (χ2n) is 2.48. The molecule has 0 saturated carbocycles. The lowest BCUT2D eigenvalue weighted by Crippen LogP contribution is -2.23. The van der Waals surface area contributed by atoms with Crippen molar-refractivity contribution in [2.24, 2.45) is 5.73 Å². The van der Waals surface area contributed by atoms with Gasteiger partial charge >= 0.3 is 5.97 Å². The second kappa shape index (κ2) is 3.86. The Morgan fingerprint density at radius 3 is 2.92 bits per heavy atom. The van der Waals surface area contributed by atoms with E-state index in [1.165, 1.54) is 13.3 Å². The van der Waals surface area contributed by atoms with Crippen molar-refractivity contribution in [2.45, 2.75) is 6.04 Å². The summed E-state index contributed by atoms with van der Waals surface area (Å²) in [6.07, 6.45) is 1.53. The Hall–Kier alpha value is -1.62. The van der Waals surface area contributed by atoms with Gasteiger partial charge in [0.05, 0.1) is 7.11 Å². The number of ether oxygens (including phenoxy) is 1. The number of pyridine rings is 1. The Kier molecular flexibility index (Phi) is 2.81. The molecule has 5 nitrogen and oxygen atoms in total. The predicted octanol–water partition coefficient (Wildman–Crippen LogP) is -0.163. The molecule has 0 aliphatic rings. The van der Waals surface area contributed by atoms with Crippen molar-refractivity contribution in [3.05, 3.63) is 23.9 Å². The van der Waals surface area contributed by atoms with E-state index >= 15 is 0 Å². The van der Waals surface area contributed by atoms with Gasteiger partial charge in [-0.2, -0.15) is 0 Å². The van der Waals surface area contributed by atoms with Crippen LogP contribution in [0.1, 0.15) is 11.6 Å². The first-order chi connectivity index (χ1) is 6.16. The average Bonchev–Trinajstić information content (AvgIpc) is 2.16. The first kappa shape index (κ1) is 9.47. The maximum Gasteiger partial charge on any atom is 0.327 e. The Balaban J connectivity index is 2.95. The molecule has 0 radical (unpaired) electrons. The smallest absolute Gasteiger partial charge is 0.327 e. The van der Waals surface area contributed by atoms with Gasteiger partial charge in [0.2, 0.25) is 0 Å². The lowest BCUT2D eigenvalue weighted by molar-refractivity contribution is -0.142. The summed E-state index contributed by atoms with van der Waals surface area (Å²) in [5.74, 6) is -0.278. The van der Waals surface area contributed by atoms with Crippen LogP contribution in [0, 0.1) is 0 Å². The van der Waals surface area contributed by atoms with E-state index in [1.54, 1.807) is 12.1 Å². The van der Waals surface area contributed by atoms with Crippen LogP contribution in [0.25, 0.3) is 0 Å². The van der Waals surface area contributed by atoms with Crippen molar-refractivity contribution in [3.63, 3.8) is 0 Å². The Morgan fingerprint density at radius 1 is 1.69 bits per heavy atom. The molecule has 1 atom stereocenters. The molecule has 1 rings (SSSR count). The Bertz CT molecular complexity index is 314. The summed E-state index contributed by atoms with van der Waals surface area (Å²) >= 11 is 0. The van der Waals surface area contributed by atoms with Crippen LogP contribution < -0.4 is 11.5 Å². The maximum atomic E-state index is 11.0. The third kappa shape index (κ3) is 1.94. The number of methoxy groups -OCH3 is 1. The van der Waals surface area contributed by atoms with Crippen molar-refractivity contribution < 1.29 is 9.53 Å². The van der Waals surface area contributed by atoms with Crippen molar-refractivity contribution >= 4 is 11.8 Å². The topological polar surface area (TPSA) is 91.2 Å². The molecule has 1 aromatic rings. The van der Waals surface area contributed by atoms with Crippen LogP contribution >= 0.6 is 0 Å². The van der Waals surface area contributed by atoms with Crippen molar-refractivity contribution in [1.29, 1.82) is 0 Å². The number of nitrogen functional groups attached to an aromatic ring is 1. The largest absolute Gasteiger partial charge is 0.468 e. The highest BCUT2D eigenvalue weighted by Crippen LogP contribution is 2.16. The summed E-state index contributed by atoms with van der Waals surface area (Å²) in [5, 5.41) is 0. The minimum absolute atomic E-state index is 0.250. The molecule has 0 bridgehead atoms. The van der Waals surface area contributed by atoms with Crippen LogP contribution in [0.2, 0.25) is 0 Å². The molecule has 70 valence electrons. The Labute approximate surface area is 75.7 Å². The molecule has 0 spiro atoms. The van der Waals surface area contributed by atoms with Crippen molar-refractivity contribution in [3.8, 4) is 0 Å². The van der Waals surface area contributed by atoms with Crippen LogP contribution in [0.4, 0.5) is 5.82 Å². The molecule has 13 heavy (non-hydrogen) atoms. The highest BCUT2D eigenvalue weighted by molar-refractivity contribution is 5.78. The van der Waals surface area contributed by atoms with Gasteiger partial charge in [-0.3, -0.25) is 4.79 Å². The van der Waals surface area contributed by atoms with E-state index < -0.39 is 12.0 Å². The summed E-state index contributed by atoms with van der Waals surface area (Å²) in [5.41, 5.74) is 11.6. The van der Waals surface area contributed by atoms with Crippen LogP contribution in [-0.2, 0) is 9.53 Å². The molecule has 0 aliphatic heterocycles. The zero-order valence-electron chi connectivity index (χ0n) is 7.23. The number of aromatic nitrogens is 1. The molecule has 1 heterocycles. The molecule has 1 aromatic heterocycles. The van der Waals surface area contributed by atoms with E-state index in [9.17, 15) is 4.79 Å². The number of nitrogens with zero attached hydrogens (tertiary/aromatic N) is 1. The first-order valence-electron chi connectivity index (χ1n) is 3.70. The normalized spacial score (nSPS) is 12.2. The number of carbonyl (C=O) groups excluding carboxylic acids is 1. The lowest BCUT2D eigenvalue weighted by atomic mass is 10.1. The minimum Gasteiger partial charge on any atom is -0.468 e. The van der Waals surface area contributed by atoms with E-state index in [0.717, 1.165) is 0 Å². The van der Waals surface area contributed by atoms with Gasteiger partial charge in [0.15, 0.2) is 0 Å². The van der Waals surface area contributed by atoms with Gasteiger partial charge in [-0.25, -0.2) is 4.98 Å². The van der Waals surface area contributed by atoms with Gasteiger partial charge in [-0.1, -0.05) is 6.07 Å². The molecule has 4 N–H and O–H groups in total. The van der Waals surface area contributed by atoms with Crippen molar-refractivity contribution in [2.75, 3.05) is 12.8 Å². The van der Waals surface area contributed by atoms with Gasteiger partial charge in [0.1, 0.15) is 11.9 Å². The third-order valence-electron chi connectivity index (χ3n) is 1.66. The van der Waals surface area contributed by atoms with E-state index in [-0.39, 0.29) is 5.82 Å². The van der Waals surface area contributed by atoms with Gasteiger partial charge in [-0.15, -0.1) is 0 Å². The summed E-state index contributed by atoms with van der Waals surface area (Å²) < 4.78 is 4.47. The SMILES string of the molecule is COC(=O)C(N)c1cccnc1N. The van der Waals surface area contributed by atoms with Gasteiger partial charge in [0.25, 0.3) is 0 Å². The fraction of sp³-hybridized carbons (Fsp3) is 0.250. The first-order valence-corrected chi connectivity index (χ1v) is 3.70. The van der Waals surface area contributed by atoms with Crippen LogP contribution in [-0.4, -0.2) is 18.1 Å². The molecule has 0 fully saturated rings. The highest BCUT2D eigenvalue weighted by Gasteiger charge is 2.18. The number of rotatable bonds is 2. The van der Waals surface area contributed by atoms with E-state index in [2.05, 4.69) is 9.72 Å². The molecule has 0 saturated heterocycles. The Morgan fingerprint density at radius 2 is 2.38 bits per heavy atom. The number of hydrogen-bond acceptors (Lipinski definition) is 5. The summed E-state index contributed by atoms with van der Waals surface area (Å²) in [6.45, 7) is 0. The average molecular weight is 181 g/mol. The van der Waals surface area contributed by atoms with E-state index in [0.29, 0.717) is 5.56 Å². The molecule has 1 unspecified atom stereocenters. The number of hydrogen-bond donors (Lipinski definition) is 2. The molecule has 0 amide bonds. The summed E-state index contributed by atoms with van der Waals surface area (Å²) in [7, 11) is 1.27.